The van der Waals surface area contributed by atoms with E-state index in [0.717, 1.165) is 22.4 Å². The van der Waals surface area contributed by atoms with Crippen LogP contribution in [0.3, 0.4) is 0 Å². The summed E-state index contributed by atoms with van der Waals surface area (Å²) in [5, 5.41) is 3.60. The highest BCUT2D eigenvalue weighted by molar-refractivity contribution is 6.06. The van der Waals surface area contributed by atoms with E-state index in [-0.39, 0.29) is 5.91 Å². The summed E-state index contributed by atoms with van der Waals surface area (Å²) < 4.78 is 0. The standard InChI is InChI=1S/C28H26N2O/c1-29-28(23-16-8-4-9-17-23,24-18-10-5-11-19-24)25-20-12-13-21-26(25)30(2)27(31)22-14-6-3-7-15-22/h3-21,29H,1-2H3. The first-order valence-corrected chi connectivity index (χ1v) is 10.4. The highest BCUT2D eigenvalue weighted by Gasteiger charge is 2.37. The van der Waals surface area contributed by atoms with Gasteiger partial charge in [0.15, 0.2) is 0 Å². The number of carbonyl (C=O) groups excluding carboxylic acids is 1. The first kappa shape index (κ1) is 20.6. The van der Waals surface area contributed by atoms with Gasteiger partial charge in [-0.3, -0.25) is 4.79 Å². The molecule has 0 bridgehead atoms. The van der Waals surface area contributed by atoms with E-state index in [0.29, 0.717) is 5.56 Å². The maximum atomic E-state index is 13.3. The summed E-state index contributed by atoms with van der Waals surface area (Å²) in [5.74, 6) is -0.0424. The molecule has 31 heavy (non-hydrogen) atoms. The number of hydrogen-bond acceptors (Lipinski definition) is 2. The van der Waals surface area contributed by atoms with Crippen LogP contribution in [0.5, 0.6) is 0 Å². The Balaban J connectivity index is 1.93. The molecule has 1 N–H and O–H groups in total. The van der Waals surface area contributed by atoms with Crippen molar-refractivity contribution in [2.24, 2.45) is 0 Å². The molecule has 0 aliphatic rings. The van der Waals surface area contributed by atoms with Crippen LogP contribution >= 0.6 is 0 Å². The van der Waals surface area contributed by atoms with Crippen LogP contribution in [-0.2, 0) is 5.54 Å². The van der Waals surface area contributed by atoms with Gasteiger partial charge in [0.1, 0.15) is 0 Å². The molecule has 1 amide bonds. The fraction of sp³-hybridized carbons (Fsp3) is 0.107. The van der Waals surface area contributed by atoms with Crippen LogP contribution < -0.4 is 10.2 Å². The predicted octanol–water partition coefficient (Wildman–Crippen LogP) is 5.47. The van der Waals surface area contributed by atoms with Gasteiger partial charge in [-0.1, -0.05) is 97.1 Å². The van der Waals surface area contributed by atoms with Crippen molar-refractivity contribution in [3.8, 4) is 0 Å². The number of rotatable bonds is 6. The van der Waals surface area contributed by atoms with Gasteiger partial charge in [0.2, 0.25) is 0 Å². The average Bonchev–Trinajstić information content (AvgIpc) is 2.86. The highest BCUT2D eigenvalue weighted by atomic mass is 16.2. The molecule has 4 rings (SSSR count). The van der Waals surface area contributed by atoms with Crippen molar-refractivity contribution >= 4 is 11.6 Å². The van der Waals surface area contributed by atoms with Gasteiger partial charge in [-0.2, -0.15) is 0 Å². The van der Waals surface area contributed by atoms with E-state index in [1.807, 2.05) is 99.0 Å². The summed E-state index contributed by atoms with van der Waals surface area (Å²) in [7, 11) is 3.81. The van der Waals surface area contributed by atoms with Crippen LogP contribution in [0.2, 0.25) is 0 Å². The first-order valence-electron chi connectivity index (χ1n) is 10.4. The molecule has 0 aromatic heterocycles. The molecule has 0 heterocycles. The summed E-state index contributed by atoms with van der Waals surface area (Å²) in [6.07, 6.45) is 0. The Kier molecular flexibility index (Phi) is 5.96. The van der Waals surface area contributed by atoms with Gasteiger partial charge in [-0.05, 0) is 36.4 Å². The van der Waals surface area contributed by atoms with Gasteiger partial charge in [0.05, 0.1) is 5.54 Å². The maximum Gasteiger partial charge on any atom is 0.258 e. The zero-order valence-electron chi connectivity index (χ0n) is 17.8. The van der Waals surface area contributed by atoms with Crippen molar-refractivity contribution in [1.82, 2.24) is 5.32 Å². The molecule has 0 aliphatic heterocycles. The summed E-state index contributed by atoms with van der Waals surface area (Å²) in [5.41, 5.74) is 4.13. The van der Waals surface area contributed by atoms with Crippen LogP contribution in [0, 0.1) is 0 Å². The summed E-state index contributed by atoms with van der Waals surface area (Å²) in [6.45, 7) is 0. The van der Waals surface area contributed by atoms with Crippen molar-refractivity contribution in [3.63, 3.8) is 0 Å². The number of benzene rings is 4. The summed E-state index contributed by atoms with van der Waals surface area (Å²) in [4.78, 5) is 15.0. The lowest BCUT2D eigenvalue weighted by Gasteiger charge is -2.38. The highest BCUT2D eigenvalue weighted by Crippen LogP contribution is 2.41. The molecule has 0 aliphatic carbocycles. The number of anilines is 1. The predicted molar refractivity (Wildman–Crippen MR) is 127 cm³/mol. The number of nitrogens with one attached hydrogen (secondary N) is 1. The van der Waals surface area contributed by atoms with Crippen LogP contribution in [0.15, 0.2) is 115 Å². The molecule has 4 aromatic rings. The molecule has 0 saturated carbocycles. The van der Waals surface area contributed by atoms with Gasteiger partial charge in [-0.25, -0.2) is 0 Å². The number of carbonyl (C=O) groups is 1. The van der Waals surface area contributed by atoms with Crippen LogP contribution in [-0.4, -0.2) is 20.0 Å². The van der Waals surface area contributed by atoms with Crippen LogP contribution in [0.1, 0.15) is 27.0 Å². The molecular formula is C28H26N2O. The summed E-state index contributed by atoms with van der Waals surface area (Å²) >= 11 is 0. The molecule has 0 fully saturated rings. The minimum atomic E-state index is -0.621. The largest absolute Gasteiger partial charge is 0.311 e. The molecule has 0 atom stereocenters. The zero-order chi connectivity index (χ0) is 21.7. The average molecular weight is 407 g/mol. The number of para-hydroxylation sites is 1. The third kappa shape index (κ3) is 3.76. The molecule has 0 saturated heterocycles. The Hall–Kier alpha value is -3.69. The van der Waals surface area contributed by atoms with E-state index in [9.17, 15) is 4.79 Å². The summed E-state index contributed by atoms with van der Waals surface area (Å²) in [6, 6.07) is 38.2. The maximum absolute atomic E-state index is 13.3. The van der Waals surface area contributed by atoms with Gasteiger partial charge < -0.3 is 10.2 Å². The first-order chi connectivity index (χ1) is 15.2. The second-order valence-corrected chi connectivity index (χ2v) is 7.48. The number of amides is 1. The van der Waals surface area contributed by atoms with Crippen LogP contribution in [0.4, 0.5) is 5.69 Å². The Labute approximate surface area is 184 Å². The van der Waals surface area contributed by atoms with E-state index in [1.165, 1.54) is 0 Å². The van der Waals surface area contributed by atoms with E-state index in [2.05, 4.69) is 35.6 Å². The molecule has 0 radical (unpaired) electrons. The van der Waals surface area contributed by atoms with Crippen LogP contribution in [0.25, 0.3) is 0 Å². The molecule has 0 unspecified atom stereocenters. The Morgan fingerprint density at radius 3 is 1.65 bits per heavy atom. The van der Waals surface area contributed by atoms with Crippen molar-refractivity contribution in [2.75, 3.05) is 19.0 Å². The lowest BCUT2D eigenvalue weighted by molar-refractivity contribution is 0.0992. The lowest BCUT2D eigenvalue weighted by atomic mass is 9.76. The molecule has 3 nitrogen and oxygen atoms in total. The van der Waals surface area contributed by atoms with Crippen molar-refractivity contribution in [1.29, 1.82) is 0 Å². The van der Waals surface area contributed by atoms with E-state index in [4.69, 9.17) is 0 Å². The van der Waals surface area contributed by atoms with E-state index < -0.39 is 5.54 Å². The van der Waals surface area contributed by atoms with Crippen molar-refractivity contribution in [3.05, 3.63) is 138 Å². The zero-order valence-corrected chi connectivity index (χ0v) is 17.8. The van der Waals surface area contributed by atoms with E-state index in [1.54, 1.807) is 4.90 Å². The third-order valence-electron chi connectivity index (χ3n) is 5.78. The Bertz CT molecular complexity index is 1100. The topological polar surface area (TPSA) is 32.3 Å². The lowest BCUT2D eigenvalue weighted by Crippen LogP contribution is -2.44. The van der Waals surface area contributed by atoms with Gasteiger partial charge >= 0.3 is 0 Å². The smallest absolute Gasteiger partial charge is 0.258 e. The molecule has 154 valence electrons. The molecule has 4 aromatic carbocycles. The molecular weight excluding hydrogens is 380 g/mol. The van der Waals surface area contributed by atoms with Gasteiger partial charge in [0.25, 0.3) is 5.91 Å². The molecule has 0 spiro atoms. The van der Waals surface area contributed by atoms with Gasteiger partial charge in [0, 0.05) is 23.9 Å². The van der Waals surface area contributed by atoms with Gasteiger partial charge in [-0.15, -0.1) is 0 Å². The SMILES string of the molecule is CNC(c1ccccc1)(c1ccccc1)c1ccccc1N(C)C(=O)c1ccccc1. The number of nitrogens with zero attached hydrogens (tertiary/aromatic N) is 1. The monoisotopic (exact) mass is 406 g/mol. The Morgan fingerprint density at radius 1 is 0.677 bits per heavy atom. The minimum absolute atomic E-state index is 0.0424. The minimum Gasteiger partial charge on any atom is -0.311 e. The quantitative estimate of drug-likeness (QED) is 0.430. The second-order valence-electron chi connectivity index (χ2n) is 7.48. The Morgan fingerprint density at radius 2 is 1.13 bits per heavy atom. The van der Waals surface area contributed by atoms with E-state index >= 15 is 0 Å². The van der Waals surface area contributed by atoms with Crippen molar-refractivity contribution in [2.45, 2.75) is 5.54 Å². The fourth-order valence-corrected chi connectivity index (χ4v) is 4.24. The number of hydrogen-bond donors (Lipinski definition) is 1. The molecule has 3 heteroatoms. The fourth-order valence-electron chi connectivity index (χ4n) is 4.24. The second kappa shape index (κ2) is 8.99. The third-order valence-corrected chi connectivity index (χ3v) is 5.78. The normalized spacial score (nSPS) is 11.2. The van der Waals surface area contributed by atoms with Crippen molar-refractivity contribution < 1.29 is 4.79 Å².